The van der Waals surface area contributed by atoms with Crippen molar-refractivity contribution in [3.8, 4) is 17.2 Å². The van der Waals surface area contributed by atoms with Crippen LogP contribution in [0, 0.1) is 10.8 Å². The molecule has 0 radical (unpaired) electrons. The van der Waals surface area contributed by atoms with Gasteiger partial charge in [0.1, 0.15) is 35.6 Å². The number of ketones is 3. The minimum Gasteiger partial charge on any atom is -0.507 e. The van der Waals surface area contributed by atoms with Gasteiger partial charge in [-0.05, 0) is 32.8 Å². The third-order valence-electron chi connectivity index (χ3n) is 9.61. The molecule has 0 saturated carbocycles. The van der Waals surface area contributed by atoms with Gasteiger partial charge >= 0.3 is 0 Å². The first-order valence-corrected chi connectivity index (χ1v) is 16.6. The summed E-state index contributed by atoms with van der Waals surface area (Å²) in [7, 11) is 1.32. The molecule has 1 aliphatic heterocycles. The van der Waals surface area contributed by atoms with Crippen LogP contribution < -0.4 is 15.4 Å². The van der Waals surface area contributed by atoms with Gasteiger partial charge in [-0.25, -0.2) is 0 Å². The Kier molecular flexibility index (Phi) is 10.9. The summed E-state index contributed by atoms with van der Waals surface area (Å²) in [5, 5.41) is 77.6. The normalized spacial score (nSPS) is 25.6. The smallest absolute Gasteiger partial charge is 0.202 e. The average molecular weight is 697 g/mol. The van der Waals surface area contributed by atoms with Crippen LogP contribution in [0.2, 0.25) is 0 Å². The van der Waals surface area contributed by atoms with Crippen LogP contribution in [0.25, 0.3) is 0 Å². The number of aliphatic hydroxyl groups excluding tert-OH is 2. The zero-order valence-corrected chi connectivity index (χ0v) is 28.2. The Morgan fingerprint density at radius 3 is 2.40 bits per heavy atom. The van der Waals surface area contributed by atoms with E-state index < -0.39 is 95.7 Å². The molecule has 9 N–H and O–H groups in total. The van der Waals surface area contributed by atoms with Gasteiger partial charge in [0, 0.05) is 55.3 Å². The number of unbranched alkanes of at least 4 members (excludes halogenated alkanes) is 1. The van der Waals surface area contributed by atoms with E-state index in [1.807, 2.05) is 6.92 Å². The van der Waals surface area contributed by atoms with Crippen molar-refractivity contribution in [1.82, 2.24) is 10.6 Å². The zero-order valence-electron chi connectivity index (χ0n) is 28.2. The number of methoxy groups -OCH3 is 1. The van der Waals surface area contributed by atoms with E-state index in [1.165, 1.54) is 25.3 Å². The molecule has 2 aromatic carbocycles. The van der Waals surface area contributed by atoms with Crippen molar-refractivity contribution in [2.75, 3.05) is 20.3 Å². The number of nitrogens with one attached hydrogen (secondary N) is 4. The number of carbonyl (C=O) groups excluding carboxylic acids is 3. The monoisotopic (exact) mass is 696 g/mol. The summed E-state index contributed by atoms with van der Waals surface area (Å²) in [4.78, 5) is 40.4. The molecule has 15 heteroatoms. The molecule has 15 nitrogen and oxygen atoms in total. The number of rotatable bonds is 12. The molecule has 1 saturated heterocycles. The van der Waals surface area contributed by atoms with Gasteiger partial charge in [-0.15, -0.1) is 0 Å². The number of ether oxygens (including phenoxy) is 3. The van der Waals surface area contributed by atoms with Gasteiger partial charge in [-0.1, -0.05) is 12.1 Å². The van der Waals surface area contributed by atoms with Crippen LogP contribution in [0.4, 0.5) is 0 Å². The lowest BCUT2D eigenvalue weighted by Gasteiger charge is -2.43. The van der Waals surface area contributed by atoms with Crippen LogP contribution in [-0.2, 0) is 20.7 Å². The quantitative estimate of drug-likeness (QED) is 0.0567. The summed E-state index contributed by atoms with van der Waals surface area (Å²) in [6.45, 7) is 3.12. The third-order valence-corrected chi connectivity index (χ3v) is 9.61. The maximum absolute atomic E-state index is 13.9. The van der Waals surface area contributed by atoms with Crippen molar-refractivity contribution in [2.45, 2.75) is 95.0 Å². The molecule has 1 heterocycles. The van der Waals surface area contributed by atoms with Crippen molar-refractivity contribution in [2.24, 2.45) is 0 Å². The van der Waals surface area contributed by atoms with Crippen LogP contribution in [-0.4, -0.2) is 105 Å². The van der Waals surface area contributed by atoms with Crippen LogP contribution in [0.15, 0.2) is 18.2 Å². The van der Waals surface area contributed by atoms with E-state index in [4.69, 9.17) is 25.0 Å². The molecule has 0 spiro atoms. The molecule has 0 aromatic heterocycles. The highest BCUT2D eigenvalue weighted by molar-refractivity contribution is 6.31. The highest BCUT2D eigenvalue weighted by Crippen LogP contribution is 2.52. The van der Waals surface area contributed by atoms with Crippen LogP contribution >= 0.6 is 0 Å². The van der Waals surface area contributed by atoms with Gasteiger partial charge in [0.25, 0.3) is 0 Å². The summed E-state index contributed by atoms with van der Waals surface area (Å²) in [6, 6.07) is 3.64. The predicted octanol–water partition coefficient (Wildman–Crippen LogP) is 1.76. The highest BCUT2D eigenvalue weighted by atomic mass is 16.7. The summed E-state index contributed by atoms with van der Waals surface area (Å²) in [5.74, 6) is -3.30. The number of hydrogen-bond acceptors (Lipinski definition) is 13. The number of phenolic OH excluding ortho intramolecular Hbond substituents is 2. The second-order valence-electron chi connectivity index (χ2n) is 12.9. The van der Waals surface area contributed by atoms with Crippen molar-refractivity contribution < 1.29 is 54.1 Å². The lowest BCUT2D eigenvalue weighted by molar-refractivity contribution is -0.248. The Balaban J connectivity index is 1.45. The van der Waals surface area contributed by atoms with Crippen LogP contribution in [0.1, 0.15) is 101 Å². The maximum atomic E-state index is 13.9. The van der Waals surface area contributed by atoms with E-state index in [0.717, 1.165) is 0 Å². The lowest BCUT2D eigenvalue weighted by Crippen LogP contribution is -2.55. The van der Waals surface area contributed by atoms with Gasteiger partial charge in [0.15, 0.2) is 17.9 Å². The van der Waals surface area contributed by atoms with E-state index in [0.29, 0.717) is 38.1 Å². The minimum absolute atomic E-state index is 0.0170. The molecule has 2 aliphatic carbocycles. The van der Waals surface area contributed by atoms with Gasteiger partial charge in [0.05, 0.1) is 53.7 Å². The standard InChI is InChI=1S/C35H44N4O11/c1-4-38-23(36)10-5-6-11-24(37)39-19-12-25(49-16(2)30(19)42)50-21-14-35(47,22(41)15-40)13-18-27(21)34(46)29-28(32(18)44)31(43)17-8-7-9-20(48-3)26(17)33(29)45/h7-9,16,19,21,25,30,40,42,44,46-47H,4-6,10-15H2,1-3H3,(H2,36,38)(H2,37,39)/t16?,19?,21-,25?,30?,35-/m0/s1. The van der Waals surface area contributed by atoms with E-state index >= 15 is 0 Å². The fourth-order valence-electron chi connectivity index (χ4n) is 7.06. The van der Waals surface area contributed by atoms with Crippen molar-refractivity contribution in [3.05, 3.63) is 51.6 Å². The molecule has 270 valence electrons. The van der Waals surface area contributed by atoms with Gasteiger partial charge in [0.2, 0.25) is 5.78 Å². The van der Waals surface area contributed by atoms with E-state index in [2.05, 4.69) is 10.6 Å². The molecular formula is C35H44N4O11. The average Bonchev–Trinajstić information content (AvgIpc) is 3.08. The Labute approximate surface area is 288 Å². The van der Waals surface area contributed by atoms with Gasteiger partial charge in [-0.2, -0.15) is 0 Å². The molecular weight excluding hydrogens is 652 g/mol. The Hall–Kier alpha value is -4.41. The van der Waals surface area contributed by atoms with E-state index in [9.17, 15) is 39.9 Å². The molecule has 0 amide bonds. The molecule has 0 bridgehead atoms. The first-order chi connectivity index (χ1) is 23.8. The summed E-state index contributed by atoms with van der Waals surface area (Å²) < 4.78 is 17.5. The predicted molar refractivity (Wildman–Crippen MR) is 178 cm³/mol. The number of aromatic hydroxyl groups is 2. The van der Waals surface area contributed by atoms with Crippen LogP contribution in [0.5, 0.6) is 17.2 Å². The highest BCUT2D eigenvalue weighted by Gasteiger charge is 2.50. The summed E-state index contributed by atoms with van der Waals surface area (Å²) in [6.07, 6.45) is -3.29. The first-order valence-electron chi connectivity index (χ1n) is 16.6. The first kappa shape index (κ1) is 36.9. The SMILES string of the molecule is CCNC(=N)CCCCC(=N)NC1CC(O[C@H]2C[C@](O)(C(=O)CO)Cc3c(O)c4c(c(O)c32)C(=O)c2c(OC)cccc2C4=O)OC(C)C1O. The molecule has 6 atom stereocenters. The minimum atomic E-state index is -2.30. The third kappa shape index (κ3) is 6.83. The Morgan fingerprint density at radius 1 is 1.06 bits per heavy atom. The fourth-order valence-corrected chi connectivity index (χ4v) is 7.06. The number of carbonyl (C=O) groups is 3. The topological polar surface area (TPSA) is 252 Å². The zero-order chi connectivity index (χ0) is 36.5. The van der Waals surface area contributed by atoms with Crippen molar-refractivity contribution in [3.63, 3.8) is 0 Å². The Bertz CT molecular complexity index is 1710. The fraction of sp³-hybridized carbons (Fsp3) is 0.514. The van der Waals surface area contributed by atoms with E-state index in [1.54, 1.807) is 6.92 Å². The Morgan fingerprint density at radius 2 is 1.74 bits per heavy atom. The molecule has 2 aromatic rings. The second-order valence-corrected chi connectivity index (χ2v) is 12.9. The second kappa shape index (κ2) is 14.8. The number of hydrogen-bond donors (Lipinski definition) is 9. The van der Waals surface area contributed by atoms with Gasteiger partial charge < -0.3 is 50.4 Å². The number of benzene rings is 2. The van der Waals surface area contributed by atoms with Crippen molar-refractivity contribution in [1.29, 1.82) is 10.8 Å². The molecule has 50 heavy (non-hydrogen) atoms. The van der Waals surface area contributed by atoms with Crippen LogP contribution in [0.3, 0.4) is 0 Å². The maximum Gasteiger partial charge on any atom is 0.202 e. The number of amidine groups is 2. The van der Waals surface area contributed by atoms with Crippen molar-refractivity contribution >= 4 is 29.0 Å². The summed E-state index contributed by atoms with van der Waals surface area (Å²) >= 11 is 0. The molecule has 4 unspecified atom stereocenters. The number of aliphatic hydroxyl groups is 3. The number of fused-ring (bicyclic) bond motifs is 3. The molecule has 1 fully saturated rings. The lowest BCUT2D eigenvalue weighted by atomic mass is 9.72. The van der Waals surface area contributed by atoms with E-state index in [-0.39, 0.29) is 40.3 Å². The number of Topliss-reactive ketones (excluding diaryl/α,β-unsaturated/α-hetero) is 1. The number of phenols is 2. The molecule has 3 aliphatic rings. The van der Waals surface area contributed by atoms with Gasteiger partial charge in [-0.3, -0.25) is 25.2 Å². The largest absolute Gasteiger partial charge is 0.507 e. The molecule has 5 rings (SSSR count). The summed E-state index contributed by atoms with van der Waals surface area (Å²) in [5.41, 5.74) is -3.81.